The van der Waals surface area contributed by atoms with Crippen LogP contribution in [-0.4, -0.2) is 5.84 Å². The van der Waals surface area contributed by atoms with Crippen molar-refractivity contribution in [3.05, 3.63) is 63.6 Å². The Kier molecular flexibility index (Phi) is 4.22. The lowest BCUT2D eigenvalue weighted by Gasteiger charge is -2.09. The summed E-state index contributed by atoms with van der Waals surface area (Å²) in [5, 5.41) is 7.44. The number of hydrogen-bond acceptors (Lipinski definition) is 2. The number of nitrogens with two attached hydrogens (primary N) is 1. The molecule has 3 N–H and O–H groups in total. The lowest BCUT2D eigenvalue weighted by molar-refractivity contribution is 0.306. The molecule has 0 aliphatic heterocycles. The van der Waals surface area contributed by atoms with Crippen molar-refractivity contribution in [2.24, 2.45) is 5.73 Å². The van der Waals surface area contributed by atoms with E-state index in [0.29, 0.717) is 6.61 Å². The molecule has 0 saturated carbocycles. The van der Waals surface area contributed by atoms with Gasteiger partial charge in [-0.15, -0.1) is 0 Å². The van der Waals surface area contributed by atoms with Gasteiger partial charge in [0.25, 0.3) is 0 Å². The molecular formula is C15H15BrN2O. The highest BCUT2D eigenvalue weighted by Crippen LogP contribution is 2.19. The van der Waals surface area contributed by atoms with E-state index in [-0.39, 0.29) is 5.84 Å². The van der Waals surface area contributed by atoms with E-state index in [0.717, 1.165) is 26.9 Å². The van der Waals surface area contributed by atoms with E-state index in [2.05, 4.69) is 15.9 Å². The van der Waals surface area contributed by atoms with Gasteiger partial charge in [0.05, 0.1) is 0 Å². The van der Waals surface area contributed by atoms with Crippen molar-refractivity contribution < 1.29 is 4.74 Å². The van der Waals surface area contributed by atoms with Gasteiger partial charge in [0.2, 0.25) is 0 Å². The van der Waals surface area contributed by atoms with Gasteiger partial charge in [-0.05, 0) is 48.4 Å². The topological polar surface area (TPSA) is 59.1 Å². The molecule has 0 heterocycles. The van der Waals surface area contributed by atoms with Gasteiger partial charge in [0.15, 0.2) is 0 Å². The summed E-state index contributed by atoms with van der Waals surface area (Å²) in [6, 6.07) is 13.5. The number of aryl methyl sites for hydroxylation is 1. The Morgan fingerprint density at radius 3 is 2.68 bits per heavy atom. The molecule has 98 valence electrons. The van der Waals surface area contributed by atoms with Gasteiger partial charge in [-0.3, -0.25) is 5.41 Å². The lowest BCUT2D eigenvalue weighted by Crippen LogP contribution is -2.12. The van der Waals surface area contributed by atoms with Gasteiger partial charge in [-0.2, -0.15) is 0 Å². The molecule has 2 aromatic carbocycles. The molecule has 2 rings (SSSR count). The number of rotatable bonds is 4. The zero-order chi connectivity index (χ0) is 13.8. The Hall–Kier alpha value is -1.81. The number of hydrogen-bond donors (Lipinski definition) is 2. The molecule has 0 amide bonds. The monoisotopic (exact) mass is 318 g/mol. The molecule has 0 aliphatic rings. The molecule has 0 bridgehead atoms. The van der Waals surface area contributed by atoms with E-state index in [9.17, 15) is 0 Å². The van der Waals surface area contributed by atoms with E-state index in [1.165, 1.54) is 0 Å². The van der Waals surface area contributed by atoms with Gasteiger partial charge in [-0.1, -0.05) is 28.1 Å². The zero-order valence-electron chi connectivity index (χ0n) is 10.6. The second-order valence-electron chi connectivity index (χ2n) is 4.31. The minimum atomic E-state index is 0.0797. The van der Waals surface area contributed by atoms with Crippen LogP contribution < -0.4 is 10.5 Å². The average molecular weight is 319 g/mol. The number of halogens is 1. The fraction of sp³-hybridized carbons (Fsp3) is 0.133. The SMILES string of the molecule is Cc1cc(OCc2cccc(Br)c2)ccc1C(=N)N. The predicted molar refractivity (Wildman–Crippen MR) is 80.7 cm³/mol. The van der Waals surface area contributed by atoms with E-state index < -0.39 is 0 Å². The summed E-state index contributed by atoms with van der Waals surface area (Å²) in [4.78, 5) is 0. The Bertz CT molecular complexity index is 611. The van der Waals surface area contributed by atoms with Crippen LogP contribution in [0.3, 0.4) is 0 Å². The maximum atomic E-state index is 7.44. The van der Waals surface area contributed by atoms with Crippen LogP contribution in [-0.2, 0) is 6.61 Å². The first-order valence-electron chi connectivity index (χ1n) is 5.88. The minimum Gasteiger partial charge on any atom is -0.489 e. The van der Waals surface area contributed by atoms with Crippen molar-refractivity contribution in [1.29, 1.82) is 5.41 Å². The maximum absolute atomic E-state index is 7.44. The summed E-state index contributed by atoms with van der Waals surface area (Å²) >= 11 is 3.43. The Balaban J connectivity index is 2.08. The van der Waals surface area contributed by atoms with Crippen LogP contribution in [0.4, 0.5) is 0 Å². The van der Waals surface area contributed by atoms with E-state index in [4.69, 9.17) is 15.9 Å². The molecule has 3 nitrogen and oxygen atoms in total. The van der Waals surface area contributed by atoms with Gasteiger partial charge in [0.1, 0.15) is 18.2 Å². The van der Waals surface area contributed by atoms with Crippen molar-refractivity contribution in [3.8, 4) is 5.75 Å². The average Bonchev–Trinajstić information content (AvgIpc) is 2.36. The lowest BCUT2D eigenvalue weighted by atomic mass is 10.1. The zero-order valence-corrected chi connectivity index (χ0v) is 12.2. The molecule has 0 spiro atoms. The van der Waals surface area contributed by atoms with Crippen LogP contribution in [0.5, 0.6) is 5.75 Å². The second-order valence-corrected chi connectivity index (χ2v) is 5.22. The molecule has 0 fully saturated rings. The van der Waals surface area contributed by atoms with Gasteiger partial charge >= 0.3 is 0 Å². The molecule has 0 aliphatic carbocycles. The highest BCUT2D eigenvalue weighted by molar-refractivity contribution is 9.10. The Morgan fingerprint density at radius 2 is 2.05 bits per heavy atom. The molecule has 19 heavy (non-hydrogen) atoms. The van der Waals surface area contributed by atoms with Crippen molar-refractivity contribution in [3.63, 3.8) is 0 Å². The standard InChI is InChI=1S/C15H15BrN2O/c1-10-7-13(5-6-14(10)15(17)18)19-9-11-3-2-4-12(16)8-11/h2-8H,9H2,1H3,(H3,17,18). The summed E-state index contributed by atoms with van der Waals surface area (Å²) in [5.74, 6) is 0.860. The van der Waals surface area contributed by atoms with Crippen LogP contribution in [0.25, 0.3) is 0 Å². The van der Waals surface area contributed by atoms with Gasteiger partial charge in [-0.25, -0.2) is 0 Å². The largest absolute Gasteiger partial charge is 0.489 e. The molecule has 0 radical (unpaired) electrons. The summed E-state index contributed by atoms with van der Waals surface area (Å²) in [6.07, 6.45) is 0. The van der Waals surface area contributed by atoms with Crippen molar-refractivity contribution in [2.45, 2.75) is 13.5 Å². The Morgan fingerprint density at radius 1 is 1.26 bits per heavy atom. The third-order valence-corrected chi connectivity index (χ3v) is 3.28. The second kappa shape index (κ2) is 5.89. The third kappa shape index (κ3) is 3.58. The van der Waals surface area contributed by atoms with Crippen molar-refractivity contribution in [1.82, 2.24) is 0 Å². The molecular weight excluding hydrogens is 304 g/mol. The molecule has 0 atom stereocenters. The fourth-order valence-electron chi connectivity index (χ4n) is 1.82. The molecule has 0 aromatic heterocycles. The maximum Gasteiger partial charge on any atom is 0.123 e. The quantitative estimate of drug-likeness (QED) is 0.668. The first-order chi connectivity index (χ1) is 9.06. The number of benzene rings is 2. The molecule has 0 unspecified atom stereocenters. The van der Waals surface area contributed by atoms with Crippen LogP contribution >= 0.6 is 15.9 Å². The first-order valence-corrected chi connectivity index (χ1v) is 6.68. The minimum absolute atomic E-state index is 0.0797. The van der Waals surface area contributed by atoms with Crippen LogP contribution in [0, 0.1) is 12.3 Å². The third-order valence-electron chi connectivity index (χ3n) is 2.78. The first kappa shape index (κ1) is 13.6. The van der Waals surface area contributed by atoms with E-state index >= 15 is 0 Å². The molecule has 0 saturated heterocycles. The number of ether oxygens (including phenoxy) is 1. The van der Waals surface area contributed by atoms with E-state index in [1.807, 2.05) is 49.4 Å². The van der Waals surface area contributed by atoms with Crippen molar-refractivity contribution in [2.75, 3.05) is 0 Å². The summed E-state index contributed by atoms with van der Waals surface area (Å²) in [7, 11) is 0. The normalized spacial score (nSPS) is 10.2. The van der Waals surface area contributed by atoms with Crippen molar-refractivity contribution >= 4 is 21.8 Å². The highest BCUT2D eigenvalue weighted by Gasteiger charge is 2.03. The van der Waals surface area contributed by atoms with Crippen LogP contribution in [0.1, 0.15) is 16.7 Å². The smallest absolute Gasteiger partial charge is 0.123 e. The van der Waals surface area contributed by atoms with Gasteiger partial charge in [0, 0.05) is 10.0 Å². The van der Waals surface area contributed by atoms with Crippen LogP contribution in [0.15, 0.2) is 46.9 Å². The predicted octanol–water partition coefficient (Wildman–Crippen LogP) is 3.62. The number of nitrogens with one attached hydrogen (secondary N) is 1. The Labute approximate surface area is 121 Å². The summed E-state index contributed by atoms with van der Waals surface area (Å²) in [5.41, 5.74) is 8.27. The summed E-state index contributed by atoms with van der Waals surface area (Å²) in [6.45, 7) is 2.43. The van der Waals surface area contributed by atoms with E-state index in [1.54, 1.807) is 0 Å². The number of nitrogen functional groups attached to an aromatic ring is 1. The fourth-order valence-corrected chi connectivity index (χ4v) is 2.27. The molecule has 2 aromatic rings. The molecule has 4 heteroatoms. The van der Waals surface area contributed by atoms with Gasteiger partial charge < -0.3 is 10.5 Å². The number of amidine groups is 1. The summed E-state index contributed by atoms with van der Waals surface area (Å²) < 4.78 is 6.77. The van der Waals surface area contributed by atoms with Crippen LogP contribution in [0.2, 0.25) is 0 Å². The highest BCUT2D eigenvalue weighted by atomic mass is 79.9.